The molecular weight excluding hydrogens is 282 g/mol. The highest BCUT2D eigenvalue weighted by Gasteiger charge is 2.32. The van der Waals surface area contributed by atoms with E-state index >= 15 is 0 Å². The molecule has 6 heteroatoms. The summed E-state index contributed by atoms with van der Waals surface area (Å²) in [5, 5.41) is 12.0. The highest BCUT2D eigenvalue weighted by Crippen LogP contribution is 2.18. The third-order valence-electron chi connectivity index (χ3n) is 4.28. The summed E-state index contributed by atoms with van der Waals surface area (Å²) in [6.45, 7) is 9.24. The van der Waals surface area contributed by atoms with Crippen molar-refractivity contribution in [2.24, 2.45) is 11.8 Å². The van der Waals surface area contributed by atoms with Gasteiger partial charge in [0.05, 0.1) is 25.1 Å². The average Bonchev–Trinajstić information content (AvgIpc) is 2.47. The third kappa shape index (κ3) is 4.99. The quantitative estimate of drug-likeness (QED) is 0.748. The van der Waals surface area contributed by atoms with E-state index in [-0.39, 0.29) is 30.3 Å². The number of nitriles is 1. The summed E-state index contributed by atoms with van der Waals surface area (Å²) in [5.74, 6) is -0.497. The van der Waals surface area contributed by atoms with Gasteiger partial charge in [-0.15, -0.1) is 0 Å². The van der Waals surface area contributed by atoms with E-state index in [1.807, 2.05) is 18.7 Å². The molecule has 0 aliphatic carbocycles. The number of nitrogens with one attached hydrogen (secondary N) is 1. The third-order valence-corrected chi connectivity index (χ3v) is 4.28. The predicted molar refractivity (Wildman–Crippen MR) is 82.8 cm³/mol. The molecule has 1 N–H and O–H groups in total. The van der Waals surface area contributed by atoms with Gasteiger partial charge >= 0.3 is 5.97 Å². The normalized spacial score (nSPS) is 21.7. The number of amides is 1. The first-order chi connectivity index (χ1) is 10.3. The smallest absolute Gasteiger partial charge is 0.310 e. The molecule has 0 aromatic carbocycles. The number of rotatable bonds is 6. The van der Waals surface area contributed by atoms with Crippen molar-refractivity contribution in [3.8, 4) is 6.07 Å². The highest BCUT2D eigenvalue weighted by molar-refractivity contribution is 5.79. The summed E-state index contributed by atoms with van der Waals surface area (Å²) in [6.07, 6.45) is 1.68. The van der Waals surface area contributed by atoms with E-state index < -0.39 is 5.54 Å². The zero-order chi connectivity index (χ0) is 16.8. The molecule has 0 saturated carbocycles. The van der Waals surface area contributed by atoms with Gasteiger partial charge < -0.3 is 10.1 Å². The second-order valence-corrected chi connectivity index (χ2v) is 6.34. The maximum Gasteiger partial charge on any atom is 0.310 e. The van der Waals surface area contributed by atoms with Crippen molar-refractivity contribution in [3.05, 3.63) is 0 Å². The Morgan fingerprint density at radius 2 is 2.18 bits per heavy atom. The Kier molecular flexibility index (Phi) is 6.82. The van der Waals surface area contributed by atoms with Gasteiger partial charge in [-0.3, -0.25) is 14.5 Å². The molecule has 124 valence electrons. The number of piperidine rings is 1. The first-order valence-electron chi connectivity index (χ1n) is 7.93. The Hall–Kier alpha value is -1.61. The fourth-order valence-electron chi connectivity index (χ4n) is 2.49. The Balaban J connectivity index is 2.54. The van der Waals surface area contributed by atoms with Crippen LogP contribution in [0.3, 0.4) is 0 Å². The van der Waals surface area contributed by atoms with Crippen molar-refractivity contribution in [1.29, 1.82) is 5.26 Å². The van der Waals surface area contributed by atoms with Crippen LogP contribution in [0.5, 0.6) is 0 Å². The molecule has 0 aromatic heterocycles. The fraction of sp³-hybridized carbons (Fsp3) is 0.812. The summed E-state index contributed by atoms with van der Waals surface area (Å²) >= 11 is 0. The van der Waals surface area contributed by atoms with Gasteiger partial charge in [-0.2, -0.15) is 5.26 Å². The van der Waals surface area contributed by atoms with E-state index in [0.29, 0.717) is 13.2 Å². The first kappa shape index (κ1) is 18.4. The summed E-state index contributed by atoms with van der Waals surface area (Å²) in [4.78, 5) is 25.9. The van der Waals surface area contributed by atoms with Crippen LogP contribution < -0.4 is 5.32 Å². The van der Waals surface area contributed by atoms with Gasteiger partial charge in [0.2, 0.25) is 5.91 Å². The van der Waals surface area contributed by atoms with Crippen LogP contribution in [-0.4, -0.2) is 48.6 Å². The SMILES string of the molecule is CCOC(=O)C1CCCN(CC(=O)NC(C)(C#N)C(C)C)C1. The van der Waals surface area contributed by atoms with Crippen molar-refractivity contribution >= 4 is 11.9 Å². The molecule has 1 saturated heterocycles. The van der Waals surface area contributed by atoms with Gasteiger partial charge in [-0.1, -0.05) is 13.8 Å². The number of esters is 1. The van der Waals surface area contributed by atoms with Gasteiger partial charge in [-0.05, 0) is 39.2 Å². The molecule has 1 aliphatic rings. The molecule has 22 heavy (non-hydrogen) atoms. The number of likely N-dealkylation sites (tertiary alicyclic amines) is 1. The molecule has 6 nitrogen and oxygen atoms in total. The predicted octanol–water partition coefficient (Wildman–Crippen LogP) is 1.32. The lowest BCUT2D eigenvalue weighted by Gasteiger charge is -2.33. The molecule has 1 rings (SSSR count). The maximum atomic E-state index is 12.2. The second kappa shape index (κ2) is 8.14. The Morgan fingerprint density at radius 3 is 2.73 bits per heavy atom. The molecule has 1 amide bonds. The molecular formula is C16H27N3O3. The molecule has 1 heterocycles. The van der Waals surface area contributed by atoms with Crippen LogP contribution in [0.2, 0.25) is 0 Å². The molecule has 1 fully saturated rings. The number of ether oxygens (including phenoxy) is 1. The lowest BCUT2D eigenvalue weighted by Crippen LogP contribution is -2.53. The van der Waals surface area contributed by atoms with Crippen LogP contribution in [0.1, 0.15) is 40.5 Å². The van der Waals surface area contributed by atoms with E-state index in [0.717, 1.165) is 19.4 Å². The Morgan fingerprint density at radius 1 is 1.50 bits per heavy atom. The lowest BCUT2D eigenvalue weighted by atomic mass is 9.90. The summed E-state index contributed by atoms with van der Waals surface area (Å²) in [7, 11) is 0. The maximum absolute atomic E-state index is 12.2. The molecule has 0 aromatic rings. The van der Waals surface area contributed by atoms with E-state index in [1.165, 1.54) is 0 Å². The standard InChI is InChI=1S/C16H27N3O3/c1-5-22-15(21)13-7-6-8-19(9-13)10-14(20)18-16(4,11-17)12(2)3/h12-13H,5-10H2,1-4H3,(H,18,20). The number of carbonyl (C=O) groups excluding carboxylic acids is 2. The van der Waals surface area contributed by atoms with Gasteiger partial charge in [0.25, 0.3) is 0 Å². The topological polar surface area (TPSA) is 82.4 Å². The second-order valence-electron chi connectivity index (χ2n) is 6.34. The van der Waals surface area contributed by atoms with E-state index in [4.69, 9.17) is 4.74 Å². The van der Waals surface area contributed by atoms with Crippen LogP contribution >= 0.6 is 0 Å². The average molecular weight is 309 g/mol. The van der Waals surface area contributed by atoms with Crippen molar-refractivity contribution in [2.75, 3.05) is 26.2 Å². The minimum Gasteiger partial charge on any atom is -0.466 e. The number of carbonyl (C=O) groups is 2. The fourth-order valence-corrected chi connectivity index (χ4v) is 2.49. The molecule has 2 atom stereocenters. The van der Waals surface area contributed by atoms with Crippen LogP contribution in [0.25, 0.3) is 0 Å². The molecule has 0 spiro atoms. The minimum absolute atomic E-state index is 0.0232. The number of nitrogens with zero attached hydrogens (tertiary/aromatic N) is 2. The van der Waals surface area contributed by atoms with Crippen LogP contribution in [0.15, 0.2) is 0 Å². The molecule has 1 aliphatic heterocycles. The van der Waals surface area contributed by atoms with Crippen molar-refractivity contribution < 1.29 is 14.3 Å². The summed E-state index contributed by atoms with van der Waals surface area (Å²) < 4.78 is 5.05. The van der Waals surface area contributed by atoms with Crippen LogP contribution in [-0.2, 0) is 14.3 Å². The van der Waals surface area contributed by atoms with E-state index in [9.17, 15) is 14.9 Å². The van der Waals surface area contributed by atoms with Gasteiger partial charge in [-0.25, -0.2) is 0 Å². The van der Waals surface area contributed by atoms with E-state index in [1.54, 1.807) is 13.8 Å². The van der Waals surface area contributed by atoms with E-state index in [2.05, 4.69) is 11.4 Å². The van der Waals surface area contributed by atoms with Crippen molar-refractivity contribution in [2.45, 2.75) is 46.1 Å². The number of hydrogen-bond donors (Lipinski definition) is 1. The van der Waals surface area contributed by atoms with Gasteiger partial charge in [0, 0.05) is 6.54 Å². The number of hydrogen-bond acceptors (Lipinski definition) is 5. The van der Waals surface area contributed by atoms with Gasteiger partial charge in [0.15, 0.2) is 0 Å². The van der Waals surface area contributed by atoms with Gasteiger partial charge in [0.1, 0.15) is 5.54 Å². The lowest BCUT2D eigenvalue weighted by molar-refractivity contribution is -0.150. The zero-order valence-electron chi connectivity index (χ0n) is 14.0. The van der Waals surface area contributed by atoms with Crippen LogP contribution in [0.4, 0.5) is 0 Å². The molecule has 2 unspecified atom stereocenters. The zero-order valence-corrected chi connectivity index (χ0v) is 14.0. The largest absolute Gasteiger partial charge is 0.466 e. The summed E-state index contributed by atoms with van der Waals surface area (Å²) in [5.41, 5.74) is -0.868. The van der Waals surface area contributed by atoms with Crippen molar-refractivity contribution in [3.63, 3.8) is 0 Å². The van der Waals surface area contributed by atoms with Crippen molar-refractivity contribution in [1.82, 2.24) is 10.2 Å². The minimum atomic E-state index is -0.868. The molecule has 0 radical (unpaired) electrons. The summed E-state index contributed by atoms with van der Waals surface area (Å²) in [6, 6.07) is 2.17. The van der Waals surface area contributed by atoms with Crippen LogP contribution in [0, 0.1) is 23.2 Å². The first-order valence-corrected chi connectivity index (χ1v) is 7.93. The Labute approximate surface area is 132 Å². The highest BCUT2D eigenvalue weighted by atomic mass is 16.5. The molecule has 0 bridgehead atoms. The monoisotopic (exact) mass is 309 g/mol. The Bertz CT molecular complexity index is 444.